The number of halogens is 2. The van der Waals surface area contributed by atoms with Crippen LogP contribution in [-0.2, 0) is 12.8 Å². The number of hydrogen-bond acceptors (Lipinski definition) is 3. The average Bonchev–Trinajstić information content (AvgIpc) is 3.23. The first kappa shape index (κ1) is 24.6. The average molecular weight is 537 g/mol. The van der Waals surface area contributed by atoms with Crippen molar-refractivity contribution in [1.82, 2.24) is 20.4 Å². The van der Waals surface area contributed by atoms with Gasteiger partial charge in [-0.15, -0.1) is 24.0 Å². The number of hydrogen-bond donors (Lipinski definition) is 2. The normalized spacial score (nSPS) is 11.0. The predicted molar refractivity (Wildman–Crippen MR) is 133 cm³/mol. The Morgan fingerprint density at radius 1 is 1.06 bits per heavy atom. The van der Waals surface area contributed by atoms with Gasteiger partial charge in [0, 0.05) is 32.8 Å². The Morgan fingerprint density at radius 3 is 2.45 bits per heavy atom. The molecule has 0 bridgehead atoms. The van der Waals surface area contributed by atoms with Crippen LogP contribution in [0.4, 0.5) is 4.39 Å². The SMILES string of the molecule is CN=C(NCCc1ccc(C)c(OC)c1)NCCc1ccn(-c2ccc(F)cc2)n1.I. The van der Waals surface area contributed by atoms with Gasteiger partial charge >= 0.3 is 0 Å². The lowest BCUT2D eigenvalue weighted by Crippen LogP contribution is -2.39. The minimum Gasteiger partial charge on any atom is -0.496 e. The van der Waals surface area contributed by atoms with Gasteiger partial charge in [0.25, 0.3) is 0 Å². The molecule has 0 radical (unpaired) electrons. The number of guanidine groups is 1. The summed E-state index contributed by atoms with van der Waals surface area (Å²) >= 11 is 0. The van der Waals surface area contributed by atoms with Crippen molar-refractivity contribution < 1.29 is 9.13 Å². The van der Waals surface area contributed by atoms with Crippen LogP contribution in [0.3, 0.4) is 0 Å². The first-order valence-electron chi connectivity index (χ1n) is 9.97. The summed E-state index contributed by atoms with van der Waals surface area (Å²) in [5, 5.41) is 11.2. The molecule has 0 aliphatic rings. The highest BCUT2D eigenvalue weighted by Gasteiger charge is 2.04. The third-order valence-corrected chi connectivity index (χ3v) is 4.81. The molecule has 0 saturated heterocycles. The molecule has 1 heterocycles. The summed E-state index contributed by atoms with van der Waals surface area (Å²) in [7, 11) is 3.45. The van der Waals surface area contributed by atoms with E-state index in [-0.39, 0.29) is 29.8 Å². The molecule has 3 aromatic rings. The van der Waals surface area contributed by atoms with Crippen LogP contribution in [0.15, 0.2) is 59.7 Å². The number of nitrogens with one attached hydrogen (secondary N) is 2. The van der Waals surface area contributed by atoms with Crippen LogP contribution in [0.2, 0.25) is 0 Å². The maximum atomic E-state index is 13.1. The van der Waals surface area contributed by atoms with E-state index < -0.39 is 0 Å². The van der Waals surface area contributed by atoms with Crippen LogP contribution >= 0.6 is 24.0 Å². The first-order valence-corrected chi connectivity index (χ1v) is 9.97. The highest BCUT2D eigenvalue weighted by molar-refractivity contribution is 14.0. The van der Waals surface area contributed by atoms with Crippen LogP contribution in [0.5, 0.6) is 5.75 Å². The minimum atomic E-state index is -0.254. The van der Waals surface area contributed by atoms with E-state index in [0.29, 0.717) is 6.54 Å². The monoisotopic (exact) mass is 537 g/mol. The van der Waals surface area contributed by atoms with Gasteiger partial charge in [0.05, 0.1) is 18.5 Å². The van der Waals surface area contributed by atoms with Crippen LogP contribution < -0.4 is 15.4 Å². The van der Waals surface area contributed by atoms with E-state index in [2.05, 4.69) is 38.9 Å². The molecule has 0 aliphatic carbocycles. The van der Waals surface area contributed by atoms with Gasteiger partial charge < -0.3 is 15.4 Å². The highest BCUT2D eigenvalue weighted by Crippen LogP contribution is 2.19. The van der Waals surface area contributed by atoms with Gasteiger partial charge in [0.2, 0.25) is 0 Å². The zero-order valence-electron chi connectivity index (χ0n) is 18.1. The van der Waals surface area contributed by atoms with E-state index >= 15 is 0 Å². The summed E-state index contributed by atoms with van der Waals surface area (Å²) in [5.41, 5.74) is 4.13. The molecule has 0 fully saturated rings. The maximum Gasteiger partial charge on any atom is 0.190 e. The zero-order chi connectivity index (χ0) is 21.3. The predicted octanol–water partition coefficient (Wildman–Crippen LogP) is 3.90. The summed E-state index contributed by atoms with van der Waals surface area (Å²) < 4.78 is 20.2. The summed E-state index contributed by atoms with van der Waals surface area (Å²) in [5.74, 6) is 1.41. The topological polar surface area (TPSA) is 63.5 Å². The van der Waals surface area contributed by atoms with Gasteiger partial charge in [0.15, 0.2) is 5.96 Å². The van der Waals surface area contributed by atoms with Gasteiger partial charge in [-0.05, 0) is 60.9 Å². The third-order valence-electron chi connectivity index (χ3n) is 4.81. The first-order chi connectivity index (χ1) is 14.6. The molecule has 0 unspecified atom stereocenters. The standard InChI is InChI=1S/C23H28FN5O.HI/c1-17-4-5-18(16-22(17)30-3)10-13-26-23(25-2)27-14-11-20-12-15-29(28-20)21-8-6-19(24)7-9-21;/h4-9,12,15-16H,10-11,13-14H2,1-3H3,(H2,25,26,27);1H. The third kappa shape index (κ3) is 7.23. The lowest BCUT2D eigenvalue weighted by Gasteiger charge is -2.12. The Balaban J connectivity index is 0.00000341. The Kier molecular flexibility index (Phi) is 9.77. The van der Waals surface area contributed by atoms with Crippen LogP contribution in [0.1, 0.15) is 16.8 Å². The van der Waals surface area contributed by atoms with E-state index in [0.717, 1.165) is 48.0 Å². The number of benzene rings is 2. The van der Waals surface area contributed by atoms with Crippen molar-refractivity contribution in [3.63, 3.8) is 0 Å². The summed E-state index contributed by atoms with van der Waals surface area (Å²) in [6.45, 7) is 3.51. The van der Waals surface area contributed by atoms with Gasteiger partial charge in [-0.25, -0.2) is 9.07 Å². The fourth-order valence-electron chi connectivity index (χ4n) is 3.11. The molecule has 8 heteroatoms. The fourth-order valence-corrected chi connectivity index (χ4v) is 3.11. The molecule has 0 spiro atoms. The number of rotatable bonds is 8. The second-order valence-corrected chi connectivity index (χ2v) is 6.96. The number of methoxy groups -OCH3 is 1. The number of aliphatic imine (C=N–C) groups is 1. The Morgan fingerprint density at radius 2 is 1.77 bits per heavy atom. The number of aromatic nitrogens is 2. The second kappa shape index (κ2) is 12.3. The lowest BCUT2D eigenvalue weighted by atomic mass is 10.1. The van der Waals surface area contributed by atoms with E-state index in [9.17, 15) is 4.39 Å². The van der Waals surface area contributed by atoms with E-state index in [4.69, 9.17) is 4.74 Å². The molecule has 2 aromatic carbocycles. The molecule has 0 saturated carbocycles. The molecule has 2 N–H and O–H groups in total. The van der Waals surface area contributed by atoms with Crippen molar-refractivity contribution in [3.8, 4) is 11.4 Å². The molecular formula is C23H29FIN5O. The van der Waals surface area contributed by atoms with Crippen molar-refractivity contribution >= 4 is 29.9 Å². The van der Waals surface area contributed by atoms with Crippen molar-refractivity contribution in [2.24, 2.45) is 4.99 Å². The van der Waals surface area contributed by atoms with Gasteiger partial charge in [-0.3, -0.25) is 4.99 Å². The van der Waals surface area contributed by atoms with Crippen LogP contribution in [0, 0.1) is 12.7 Å². The number of ether oxygens (including phenoxy) is 1. The smallest absolute Gasteiger partial charge is 0.190 e. The number of aryl methyl sites for hydroxylation is 1. The lowest BCUT2D eigenvalue weighted by molar-refractivity contribution is 0.411. The summed E-state index contributed by atoms with van der Waals surface area (Å²) in [6, 6.07) is 14.5. The molecular weight excluding hydrogens is 508 g/mol. The highest BCUT2D eigenvalue weighted by atomic mass is 127. The molecule has 0 amide bonds. The largest absolute Gasteiger partial charge is 0.496 e. The molecule has 0 atom stereocenters. The second-order valence-electron chi connectivity index (χ2n) is 6.96. The van der Waals surface area contributed by atoms with E-state index in [1.165, 1.54) is 17.7 Å². The summed E-state index contributed by atoms with van der Waals surface area (Å²) in [4.78, 5) is 4.27. The zero-order valence-corrected chi connectivity index (χ0v) is 20.4. The summed E-state index contributed by atoms with van der Waals surface area (Å²) in [6.07, 6.45) is 3.51. The van der Waals surface area contributed by atoms with Crippen molar-refractivity contribution in [2.75, 3.05) is 27.2 Å². The Labute approximate surface area is 199 Å². The molecule has 1 aromatic heterocycles. The van der Waals surface area contributed by atoms with Gasteiger partial charge in [-0.1, -0.05) is 12.1 Å². The maximum absolute atomic E-state index is 13.1. The van der Waals surface area contributed by atoms with E-state index in [1.54, 1.807) is 31.0 Å². The number of nitrogens with zero attached hydrogens (tertiary/aromatic N) is 3. The molecule has 0 aliphatic heterocycles. The van der Waals surface area contributed by atoms with Crippen molar-refractivity contribution in [2.45, 2.75) is 19.8 Å². The van der Waals surface area contributed by atoms with Crippen LogP contribution in [-0.4, -0.2) is 43.0 Å². The minimum absolute atomic E-state index is 0. The van der Waals surface area contributed by atoms with E-state index in [1.807, 2.05) is 19.2 Å². The van der Waals surface area contributed by atoms with Crippen molar-refractivity contribution in [3.05, 3.63) is 77.4 Å². The van der Waals surface area contributed by atoms with Gasteiger partial charge in [0.1, 0.15) is 11.6 Å². The van der Waals surface area contributed by atoms with Crippen molar-refractivity contribution in [1.29, 1.82) is 0 Å². The molecule has 31 heavy (non-hydrogen) atoms. The quantitative estimate of drug-likeness (QED) is 0.260. The molecule has 6 nitrogen and oxygen atoms in total. The molecule has 166 valence electrons. The van der Waals surface area contributed by atoms with Gasteiger partial charge in [-0.2, -0.15) is 5.10 Å². The molecule has 3 rings (SSSR count). The van der Waals surface area contributed by atoms with Crippen LogP contribution in [0.25, 0.3) is 5.69 Å². The Bertz CT molecular complexity index is 988. The fraction of sp³-hybridized carbons (Fsp3) is 0.304. The Hall–Kier alpha value is -2.62.